The number of halogens is 1. The van der Waals surface area contributed by atoms with Gasteiger partial charge in [0, 0.05) is 14.0 Å². The minimum absolute atomic E-state index is 0.0346. The highest BCUT2D eigenvalue weighted by Gasteiger charge is 2.49. The molecule has 2 aliphatic heterocycles. The second-order valence-electron chi connectivity index (χ2n) is 5.47. The quantitative estimate of drug-likeness (QED) is 0.511. The van der Waals surface area contributed by atoms with Crippen molar-refractivity contribution >= 4 is 23.8 Å². The first-order valence-corrected chi connectivity index (χ1v) is 7.00. The molecule has 2 bridgehead atoms. The van der Waals surface area contributed by atoms with Gasteiger partial charge in [0.05, 0.1) is 12.6 Å². The molecule has 2 N–H and O–H groups in total. The normalized spacial score (nSPS) is 23.7. The SMILES string of the molecule is CC(=O)NN(C)C(=O)[C@@H]1C(C)=C[C@@H]2CN1C(=O)N2OC(F)C(=O)O. The van der Waals surface area contributed by atoms with E-state index < -0.39 is 42.3 Å². The van der Waals surface area contributed by atoms with Crippen molar-refractivity contribution in [1.82, 2.24) is 20.4 Å². The number of carbonyl (C=O) groups excluding carboxylic acids is 3. The lowest BCUT2D eigenvalue weighted by Crippen LogP contribution is -2.54. The molecule has 0 saturated carbocycles. The highest BCUT2D eigenvalue weighted by molar-refractivity contribution is 5.92. The summed E-state index contributed by atoms with van der Waals surface area (Å²) >= 11 is 0. The smallest absolute Gasteiger partial charge is 0.368 e. The number of carbonyl (C=O) groups is 4. The summed E-state index contributed by atoms with van der Waals surface area (Å²) in [7, 11) is 1.33. The Kier molecular flexibility index (Phi) is 4.73. The first-order valence-electron chi connectivity index (χ1n) is 7.00. The van der Waals surface area contributed by atoms with Gasteiger partial charge in [0.15, 0.2) is 0 Å². The van der Waals surface area contributed by atoms with Crippen LogP contribution in [0.1, 0.15) is 13.8 Å². The zero-order chi connectivity index (χ0) is 18.2. The maximum atomic E-state index is 13.3. The lowest BCUT2D eigenvalue weighted by molar-refractivity contribution is -0.219. The molecule has 10 nitrogen and oxygen atoms in total. The molecule has 0 spiro atoms. The summed E-state index contributed by atoms with van der Waals surface area (Å²) in [5.41, 5.74) is 2.79. The third kappa shape index (κ3) is 3.15. The van der Waals surface area contributed by atoms with Gasteiger partial charge in [-0.15, -0.1) is 0 Å². The highest BCUT2D eigenvalue weighted by Crippen LogP contribution is 2.30. The molecule has 4 amide bonds. The molecule has 2 heterocycles. The van der Waals surface area contributed by atoms with Crippen molar-refractivity contribution in [1.29, 1.82) is 0 Å². The van der Waals surface area contributed by atoms with Crippen molar-refractivity contribution in [3.8, 4) is 0 Å². The van der Waals surface area contributed by atoms with Crippen molar-refractivity contribution in [2.45, 2.75) is 32.3 Å². The van der Waals surface area contributed by atoms with Crippen molar-refractivity contribution in [3.63, 3.8) is 0 Å². The number of likely N-dealkylation sites (N-methyl/N-ethyl adjacent to an activating group) is 1. The van der Waals surface area contributed by atoms with Crippen molar-refractivity contribution < 1.29 is 33.5 Å². The number of nitrogens with one attached hydrogen (secondary N) is 1. The van der Waals surface area contributed by atoms with Crippen molar-refractivity contribution in [2.75, 3.05) is 13.6 Å². The third-order valence-corrected chi connectivity index (χ3v) is 3.61. The number of hydrazine groups is 1. The van der Waals surface area contributed by atoms with Crippen molar-refractivity contribution in [2.24, 2.45) is 0 Å². The van der Waals surface area contributed by atoms with E-state index in [0.717, 1.165) is 9.91 Å². The second kappa shape index (κ2) is 6.43. The molecule has 0 aromatic carbocycles. The van der Waals surface area contributed by atoms with Crippen LogP contribution < -0.4 is 5.43 Å². The fourth-order valence-electron chi connectivity index (χ4n) is 2.67. The van der Waals surface area contributed by atoms with Crippen LogP contribution in [0.25, 0.3) is 0 Å². The van der Waals surface area contributed by atoms with Crippen LogP contribution in [0.5, 0.6) is 0 Å². The van der Waals surface area contributed by atoms with Crippen LogP contribution in [0.4, 0.5) is 9.18 Å². The third-order valence-electron chi connectivity index (χ3n) is 3.61. The van der Waals surface area contributed by atoms with E-state index in [4.69, 9.17) is 5.11 Å². The van der Waals surface area contributed by atoms with Crippen LogP contribution in [0, 0.1) is 0 Å². The van der Waals surface area contributed by atoms with Crippen LogP contribution in [-0.4, -0.2) is 75.9 Å². The van der Waals surface area contributed by atoms with E-state index in [2.05, 4.69) is 10.3 Å². The number of hydrogen-bond acceptors (Lipinski definition) is 5. The van der Waals surface area contributed by atoms with Crippen molar-refractivity contribution in [3.05, 3.63) is 11.6 Å². The maximum absolute atomic E-state index is 13.3. The minimum Gasteiger partial charge on any atom is -0.477 e. The number of carboxylic acid groups (broad SMARTS) is 1. The van der Waals surface area contributed by atoms with Crippen LogP contribution >= 0.6 is 0 Å². The van der Waals surface area contributed by atoms with Crippen LogP contribution in [0.2, 0.25) is 0 Å². The van der Waals surface area contributed by atoms with E-state index >= 15 is 0 Å². The number of aliphatic carboxylic acids is 1. The van der Waals surface area contributed by atoms with E-state index in [-0.39, 0.29) is 6.54 Å². The topological polar surface area (TPSA) is 119 Å². The zero-order valence-corrected chi connectivity index (χ0v) is 13.2. The Morgan fingerprint density at radius 2 is 2.12 bits per heavy atom. The first kappa shape index (κ1) is 17.7. The number of urea groups is 1. The van der Waals surface area contributed by atoms with Crippen LogP contribution in [-0.2, 0) is 19.2 Å². The number of hydrogen-bond donors (Lipinski definition) is 2. The Bertz CT molecular complexity index is 624. The largest absolute Gasteiger partial charge is 0.477 e. The molecule has 11 heteroatoms. The Labute approximate surface area is 136 Å². The van der Waals surface area contributed by atoms with Gasteiger partial charge in [0.2, 0.25) is 5.91 Å². The molecule has 1 saturated heterocycles. The van der Waals surface area contributed by atoms with Gasteiger partial charge in [-0.1, -0.05) is 6.08 Å². The van der Waals surface area contributed by atoms with Gasteiger partial charge < -0.3 is 10.0 Å². The van der Waals surface area contributed by atoms with Gasteiger partial charge in [-0.3, -0.25) is 20.0 Å². The average Bonchev–Trinajstić information content (AvgIpc) is 2.71. The Morgan fingerprint density at radius 3 is 2.67 bits per heavy atom. The molecule has 0 aromatic heterocycles. The predicted octanol–water partition coefficient (Wildman–Crippen LogP) is -0.758. The number of carboxylic acids is 1. The fourth-order valence-corrected chi connectivity index (χ4v) is 2.67. The van der Waals surface area contributed by atoms with Gasteiger partial charge >= 0.3 is 18.4 Å². The number of fused-ring (bicyclic) bond motifs is 2. The second-order valence-corrected chi connectivity index (χ2v) is 5.47. The van der Waals surface area contributed by atoms with Gasteiger partial charge in [-0.2, -0.15) is 5.06 Å². The minimum atomic E-state index is -2.69. The summed E-state index contributed by atoms with van der Waals surface area (Å²) < 4.78 is 13.3. The molecule has 0 aliphatic carbocycles. The van der Waals surface area contributed by atoms with E-state index in [9.17, 15) is 23.6 Å². The number of alkyl halides is 1. The summed E-state index contributed by atoms with van der Waals surface area (Å²) in [6, 6.07) is -2.53. The Balaban J connectivity index is 2.19. The molecular formula is C13H17FN4O6. The number of nitrogens with zero attached hydrogens (tertiary/aromatic N) is 3. The van der Waals surface area contributed by atoms with Gasteiger partial charge in [0.1, 0.15) is 6.04 Å². The monoisotopic (exact) mass is 344 g/mol. The summed E-state index contributed by atoms with van der Waals surface area (Å²) in [4.78, 5) is 52.1. The predicted molar refractivity (Wildman–Crippen MR) is 75.5 cm³/mol. The number of amides is 4. The first-order chi connectivity index (χ1) is 11.1. The molecule has 0 radical (unpaired) electrons. The molecule has 24 heavy (non-hydrogen) atoms. The molecule has 0 aromatic rings. The summed E-state index contributed by atoms with van der Waals surface area (Å²) in [5, 5.41) is 10.1. The molecule has 132 valence electrons. The van der Waals surface area contributed by atoms with Gasteiger partial charge in [-0.25, -0.2) is 18.8 Å². The standard InChI is InChI=1S/C13H17FN4O6/c1-6-4-8-5-17(9(6)11(20)16(3)15-7(2)19)13(23)18(8)24-10(14)12(21)22/h4,8-10H,5H2,1-3H3,(H,15,19)(H,21,22)/t8-,9+,10?/m1/s1. The lowest BCUT2D eigenvalue weighted by Gasteiger charge is -2.32. The maximum Gasteiger partial charge on any atom is 0.368 e. The van der Waals surface area contributed by atoms with E-state index in [0.29, 0.717) is 10.6 Å². The van der Waals surface area contributed by atoms with Gasteiger partial charge in [0.25, 0.3) is 5.91 Å². The highest BCUT2D eigenvalue weighted by atomic mass is 19.1. The average molecular weight is 344 g/mol. The molecular weight excluding hydrogens is 327 g/mol. The van der Waals surface area contributed by atoms with Crippen LogP contribution in [0.15, 0.2) is 11.6 Å². The van der Waals surface area contributed by atoms with E-state index in [1.54, 1.807) is 6.92 Å². The van der Waals surface area contributed by atoms with Gasteiger partial charge in [-0.05, 0) is 12.5 Å². The van der Waals surface area contributed by atoms with E-state index in [1.165, 1.54) is 20.0 Å². The zero-order valence-electron chi connectivity index (χ0n) is 13.2. The fraction of sp³-hybridized carbons (Fsp3) is 0.538. The molecule has 2 rings (SSSR count). The summed E-state index contributed by atoms with van der Waals surface area (Å²) in [6.07, 6.45) is -1.17. The number of hydroxylamine groups is 2. The molecule has 1 fully saturated rings. The molecule has 3 atom stereocenters. The van der Waals surface area contributed by atoms with E-state index in [1.807, 2.05) is 0 Å². The summed E-state index contributed by atoms with van der Waals surface area (Å²) in [6.45, 7) is 2.87. The number of rotatable bonds is 4. The Hall–Kier alpha value is -2.69. The molecule has 2 aliphatic rings. The van der Waals surface area contributed by atoms with Crippen LogP contribution in [0.3, 0.4) is 0 Å². The Morgan fingerprint density at radius 1 is 1.50 bits per heavy atom. The summed E-state index contributed by atoms with van der Waals surface area (Å²) in [5.74, 6) is -2.89. The lowest BCUT2D eigenvalue weighted by atomic mass is 10.00. The molecule has 1 unspecified atom stereocenters.